The first-order valence-electron chi connectivity index (χ1n) is 5.59. The third-order valence-electron chi connectivity index (χ3n) is 2.30. The summed E-state index contributed by atoms with van der Waals surface area (Å²) in [7, 11) is 1.30. The van der Waals surface area contributed by atoms with E-state index in [4.69, 9.17) is 5.73 Å². The molecule has 6 heteroatoms. The third kappa shape index (κ3) is 3.99. The van der Waals surface area contributed by atoms with E-state index in [9.17, 15) is 4.79 Å². The van der Waals surface area contributed by atoms with Crippen LogP contribution >= 0.6 is 0 Å². The van der Waals surface area contributed by atoms with E-state index < -0.39 is 5.97 Å². The number of hydrogen-bond donors (Lipinski definition) is 2. The van der Waals surface area contributed by atoms with Crippen LogP contribution in [0.25, 0.3) is 0 Å². The number of ether oxygens (including phenoxy) is 1. The van der Waals surface area contributed by atoms with Crippen LogP contribution in [0, 0.1) is 0 Å². The Morgan fingerprint density at radius 1 is 1.65 bits per heavy atom. The summed E-state index contributed by atoms with van der Waals surface area (Å²) in [5.41, 5.74) is 5.63. The summed E-state index contributed by atoms with van der Waals surface area (Å²) >= 11 is 0. The second kappa shape index (κ2) is 6.80. The average Bonchev–Trinajstić information content (AvgIpc) is 2.37. The lowest BCUT2D eigenvalue weighted by Gasteiger charge is -2.16. The van der Waals surface area contributed by atoms with Gasteiger partial charge in [0.15, 0.2) is 0 Å². The number of rotatable bonds is 6. The Hall–Kier alpha value is -1.69. The number of methoxy groups -OCH3 is 1. The van der Waals surface area contributed by atoms with Crippen LogP contribution in [-0.4, -0.2) is 35.6 Å². The standard InChI is InChI=1S/C11H18N4O2/c1-3-4-8(7-12)14-9-5-6-13-10(15-9)11(16)17-2/h5-6,8H,3-4,7,12H2,1-2H3,(H,13,14,15). The summed E-state index contributed by atoms with van der Waals surface area (Å²) in [5.74, 6) is 0.0857. The fourth-order valence-electron chi connectivity index (χ4n) is 1.44. The average molecular weight is 238 g/mol. The molecule has 0 aliphatic rings. The fourth-order valence-corrected chi connectivity index (χ4v) is 1.44. The van der Waals surface area contributed by atoms with Crippen molar-refractivity contribution in [1.29, 1.82) is 0 Å². The molecule has 17 heavy (non-hydrogen) atoms. The molecule has 0 aromatic carbocycles. The first-order valence-corrected chi connectivity index (χ1v) is 5.59. The van der Waals surface area contributed by atoms with E-state index in [1.165, 1.54) is 13.3 Å². The summed E-state index contributed by atoms with van der Waals surface area (Å²) in [5, 5.41) is 3.17. The summed E-state index contributed by atoms with van der Waals surface area (Å²) in [6, 6.07) is 1.85. The maximum atomic E-state index is 11.2. The highest BCUT2D eigenvalue weighted by Gasteiger charge is 2.11. The molecule has 0 radical (unpaired) electrons. The molecule has 1 aromatic heterocycles. The number of hydrogen-bond acceptors (Lipinski definition) is 6. The molecule has 1 heterocycles. The molecule has 0 bridgehead atoms. The number of nitrogens with two attached hydrogens (primary N) is 1. The Kier molecular flexibility index (Phi) is 5.35. The summed E-state index contributed by atoms with van der Waals surface area (Å²) in [4.78, 5) is 19.1. The summed E-state index contributed by atoms with van der Waals surface area (Å²) in [6.07, 6.45) is 3.50. The molecule has 0 amide bonds. The molecule has 0 saturated carbocycles. The minimum absolute atomic E-state index is 0.0461. The van der Waals surface area contributed by atoms with Gasteiger partial charge >= 0.3 is 5.97 Å². The van der Waals surface area contributed by atoms with Gasteiger partial charge in [-0.05, 0) is 12.5 Å². The SMILES string of the molecule is CCCC(CN)Nc1ccnc(C(=O)OC)n1. The van der Waals surface area contributed by atoms with Crippen molar-refractivity contribution in [1.82, 2.24) is 9.97 Å². The van der Waals surface area contributed by atoms with Crippen LogP contribution in [-0.2, 0) is 4.74 Å². The highest BCUT2D eigenvalue weighted by Crippen LogP contribution is 2.07. The predicted molar refractivity (Wildman–Crippen MR) is 64.7 cm³/mol. The Labute approximate surface area is 101 Å². The van der Waals surface area contributed by atoms with Crippen LogP contribution in [0.2, 0.25) is 0 Å². The van der Waals surface area contributed by atoms with E-state index in [1.54, 1.807) is 6.07 Å². The summed E-state index contributed by atoms with van der Waals surface area (Å²) in [6.45, 7) is 2.61. The van der Waals surface area contributed by atoms with Gasteiger partial charge < -0.3 is 15.8 Å². The van der Waals surface area contributed by atoms with Gasteiger partial charge in [0.05, 0.1) is 7.11 Å². The van der Waals surface area contributed by atoms with Crippen LogP contribution in [0.15, 0.2) is 12.3 Å². The van der Waals surface area contributed by atoms with Crippen molar-refractivity contribution >= 4 is 11.8 Å². The first kappa shape index (κ1) is 13.4. The van der Waals surface area contributed by atoms with Crippen LogP contribution in [0.5, 0.6) is 0 Å². The number of nitrogens with zero attached hydrogens (tertiary/aromatic N) is 2. The van der Waals surface area contributed by atoms with Crippen LogP contribution in [0.4, 0.5) is 5.82 Å². The summed E-state index contributed by atoms with van der Waals surface area (Å²) < 4.78 is 4.55. The number of carbonyl (C=O) groups is 1. The first-order chi connectivity index (χ1) is 8.21. The topological polar surface area (TPSA) is 90.1 Å². The zero-order valence-electron chi connectivity index (χ0n) is 10.1. The van der Waals surface area contributed by atoms with Crippen molar-refractivity contribution in [3.63, 3.8) is 0 Å². The van der Waals surface area contributed by atoms with E-state index in [0.29, 0.717) is 12.4 Å². The number of nitrogens with one attached hydrogen (secondary N) is 1. The van der Waals surface area contributed by atoms with Crippen LogP contribution < -0.4 is 11.1 Å². The van der Waals surface area contributed by atoms with E-state index >= 15 is 0 Å². The van der Waals surface area contributed by atoms with Crippen molar-refractivity contribution in [2.24, 2.45) is 5.73 Å². The molecule has 1 rings (SSSR count). The van der Waals surface area contributed by atoms with Gasteiger partial charge in [-0.15, -0.1) is 0 Å². The molecular weight excluding hydrogens is 220 g/mol. The third-order valence-corrected chi connectivity index (χ3v) is 2.30. The van der Waals surface area contributed by atoms with Gasteiger partial charge in [-0.1, -0.05) is 13.3 Å². The predicted octanol–water partition coefficient (Wildman–Crippen LogP) is 0.802. The Morgan fingerprint density at radius 2 is 2.41 bits per heavy atom. The maximum absolute atomic E-state index is 11.2. The van der Waals surface area contributed by atoms with Gasteiger partial charge in [0, 0.05) is 18.8 Å². The smallest absolute Gasteiger partial charge is 0.376 e. The van der Waals surface area contributed by atoms with Gasteiger partial charge in [-0.2, -0.15) is 0 Å². The molecule has 94 valence electrons. The number of anilines is 1. The second-order valence-electron chi connectivity index (χ2n) is 3.62. The van der Waals surface area contributed by atoms with Crippen molar-refractivity contribution in [2.75, 3.05) is 19.0 Å². The lowest BCUT2D eigenvalue weighted by atomic mass is 10.2. The van der Waals surface area contributed by atoms with E-state index in [0.717, 1.165) is 12.8 Å². The zero-order valence-corrected chi connectivity index (χ0v) is 10.1. The quantitative estimate of drug-likeness (QED) is 0.712. The van der Waals surface area contributed by atoms with Crippen molar-refractivity contribution in [2.45, 2.75) is 25.8 Å². The number of esters is 1. The van der Waals surface area contributed by atoms with Gasteiger partial charge in [-0.3, -0.25) is 0 Å². The minimum atomic E-state index is -0.548. The highest BCUT2D eigenvalue weighted by atomic mass is 16.5. The number of aromatic nitrogens is 2. The molecule has 1 unspecified atom stereocenters. The molecule has 1 aromatic rings. The molecule has 0 spiro atoms. The molecule has 3 N–H and O–H groups in total. The van der Waals surface area contributed by atoms with Crippen LogP contribution in [0.1, 0.15) is 30.4 Å². The molecule has 0 fully saturated rings. The van der Waals surface area contributed by atoms with Gasteiger partial charge in [-0.25, -0.2) is 14.8 Å². The highest BCUT2D eigenvalue weighted by molar-refractivity contribution is 5.85. The molecule has 0 aliphatic carbocycles. The van der Waals surface area contributed by atoms with E-state index in [1.807, 2.05) is 0 Å². The molecule has 0 aliphatic heterocycles. The normalized spacial score (nSPS) is 11.9. The second-order valence-corrected chi connectivity index (χ2v) is 3.62. The Bertz CT molecular complexity index is 370. The van der Waals surface area contributed by atoms with Crippen molar-refractivity contribution < 1.29 is 9.53 Å². The van der Waals surface area contributed by atoms with Crippen LogP contribution in [0.3, 0.4) is 0 Å². The molecule has 6 nitrogen and oxygen atoms in total. The molecular formula is C11H18N4O2. The Balaban J connectivity index is 2.74. The molecule has 1 atom stereocenters. The zero-order chi connectivity index (χ0) is 12.7. The minimum Gasteiger partial charge on any atom is -0.463 e. The van der Waals surface area contributed by atoms with Gasteiger partial charge in [0.2, 0.25) is 5.82 Å². The lowest BCUT2D eigenvalue weighted by Crippen LogP contribution is -2.29. The van der Waals surface area contributed by atoms with Gasteiger partial charge in [0.1, 0.15) is 5.82 Å². The number of carbonyl (C=O) groups excluding carboxylic acids is 1. The van der Waals surface area contributed by atoms with Gasteiger partial charge in [0.25, 0.3) is 0 Å². The lowest BCUT2D eigenvalue weighted by molar-refractivity contribution is 0.0587. The Morgan fingerprint density at radius 3 is 3.00 bits per heavy atom. The molecule has 0 saturated heterocycles. The fraction of sp³-hybridized carbons (Fsp3) is 0.545. The van der Waals surface area contributed by atoms with Crippen molar-refractivity contribution in [3.05, 3.63) is 18.1 Å². The maximum Gasteiger partial charge on any atom is 0.376 e. The van der Waals surface area contributed by atoms with E-state index in [2.05, 4.69) is 26.9 Å². The largest absolute Gasteiger partial charge is 0.463 e. The van der Waals surface area contributed by atoms with Crippen molar-refractivity contribution in [3.8, 4) is 0 Å². The monoisotopic (exact) mass is 238 g/mol. The van der Waals surface area contributed by atoms with E-state index in [-0.39, 0.29) is 11.9 Å².